The van der Waals surface area contributed by atoms with Crippen LogP contribution in [-0.4, -0.2) is 59.4 Å². The highest BCUT2D eigenvalue weighted by atomic mass is 35.5. The molecule has 7 heteroatoms. The molecule has 2 saturated heterocycles. The highest BCUT2D eigenvalue weighted by Gasteiger charge is 2.36. The first kappa shape index (κ1) is 16.1. The molecule has 1 aromatic heterocycles. The number of aromatic nitrogens is 1. The largest absolute Gasteiger partial charge is 0.487 e. The first-order valence-electron chi connectivity index (χ1n) is 7.83. The van der Waals surface area contributed by atoms with Gasteiger partial charge in [0.1, 0.15) is 16.9 Å². The van der Waals surface area contributed by atoms with Crippen molar-refractivity contribution in [3.8, 4) is 5.75 Å². The van der Waals surface area contributed by atoms with Crippen molar-refractivity contribution in [1.82, 2.24) is 14.8 Å². The maximum atomic E-state index is 12.6. The Morgan fingerprint density at radius 1 is 1.43 bits per heavy atom. The number of nitrogens with zero attached hydrogens (tertiary/aromatic N) is 3. The molecule has 2 amide bonds. The van der Waals surface area contributed by atoms with Gasteiger partial charge in [-0.3, -0.25) is 14.6 Å². The van der Waals surface area contributed by atoms with Crippen LogP contribution in [0.4, 0.5) is 0 Å². The average Bonchev–Trinajstić information content (AvgIpc) is 2.88. The summed E-state index contributed by atoms with van der Waals surface area (Å²) in [6.07, 6.45) is 5.17. The molecule has 1 aromatic rings. The molecule has 0 aliphatic carbocycles. The Bertz CT molecular complexity index is 610. The minimum atomic E-state index is -0.226. The summed E-state index contributed by atoms with van der Waals surface area (Å²) in [4.78, 5) is 31.6. The smallest absolute Gasteiger partial charge is 0.228 e. The lowest BCUT2D eigenvalue weighted by Gasteiger charge is -2.34. The van der Waals surface area contributed by atoms with Crippen LogP contribution in [0.2, 0.25) is 5.02 Å². The molecule has 124 valence electrons. The monoisotopic (exact) mass is 337 g/mol. The van der Waals surface area contributed by atoms with Crippen LogP contribution in [0.3, 0.4) is 0 Å². The lowest BCUT2D eigenvalue weighted by molar-refractivity contribution is -0.138. The quantitative estimate of drug-likeness (QED) is 0.840. The molecule has 3 heterocycles. The second-order valence-electron chi connectivity index (χ2n) is 6.15. The van der Waals surface area contributed by atoms with E-state index in [1.54, 1.807) is 30.4 Å². The number of likely N-dealkylation sites (tertiary alicyclic amines) is 2. The summed E-state index contributed by atoms with van der Waals surface area (Å²) in [5.41, 5.74) is 0. The zero-order valence-corrected chi connectivity index (χ0v) is 13.8. The molecule has 2 unspecified atom stereocenters. The second kappa shape index (κ2) is 6.74. The van der Waals surface area contributed by atoms with E-state index in [2.05, 4.69) is 4.98 Å². The highest BCUT2D eigenvalue weighted by Crippen LogP contribution is 2.27. The second-order valence-corrected chi connectivity index (χ2v) is 6.55. The Kier molecular flexibility index (Phi) is 4.71. The van der Waals surface area contributed by atoms with Crippen LogP contribution >= 0.6 is 11.6 Å². The topological polar surface area (TPSA) is 62.7 Å². The summed E-state index contributed by atoms with van der Waals surface area (Å²) < 4.78 is 5.93. The first-order valence-corrected chi connectivity index (χ1v) is 8.21. The van der Waals surface area contributed by atoms with Crippen LogP contribution in [0.15, 0.2) is 18.5 Å². The fourth-order valence-electron chi connectivity index (χ4n) is 3.16. The molecule has 23 heavy (non-hydrogen) atoms. The highest BCUT2D eigenvalue weighted by molar-refractivity contribution is 6.31. The molecule has 0 radical (unpaired) electrons. The van der Waals surface area contributed by atoms with Gasteiger partial charge in [-0.25, -0.2) is 0 Å². The molecule has 0 N–H and O–H groups in total. The lowest BCUT2D eigenvalue weighted by atomic mass is 10.0. The summed E-state index contributed by atoms with van der Waals surface area (Å²) in [5.74, 6) is 0.459. The van der Waals surface area contributed by atoms with Crippen LogP contribution in [-0.2, 0) is 9.59 Å². The van der Waals surface area contributed by atoms with Gasteiger partial charge in [0.25, 0.3) is 0 Å². The molecule has 0 bridgehead atoms. The van der Waals surface area contributed by atoms with Gasteiger partial charge >= 0.3 is 0 Å². The summed E-state index contributed by atoms with van der Waals surface area (Å²) in [6.45, 7) is 1.76. The van der Waals surface area contributed by atoms with Crippen LogP contribution in [0, 0.1) is 5.92 Å². The van der Waals surface area contributed by atoms with Gasteiger partial charge in [0.15, 0.2) is 0 Å². The number of piperidine rings is 1. The maximum absolute atomic E-state index is 12.6. The molecule has 0 spiro atoms. The fraction of sp³-hybridized carbons (Fsp3) is 0.562. The van der Waals surface area contributed by atoms with E-state index in [0.29, 0.717) is 30.3 Å². The molecule has 2 aliphatic heterocycles. The maximum Gasteiger partial charge on any atom is 0.228 e. The molecule has 0 saturated carbocycles. The van der Waals surface area contributed by atoms with Crippen molar-refractivity contribution in [3.05, 3.63) is 23.5 Å². The van der Waals surface area contributed by atoms with Gasteiger partial charge in [0.05, 0.1) is 12.5 Å². The van der Waals surface area contributed by atoms with E-state index < -0.39 is 0 Å². The standard InChI is InChI=1S/C16H20ClN3O3/c1-19-9-11(7-15(19)21)16(22)20-6-2-3-12(10-20)23-14-4-5-18-8-13(14)17/h4-5,8,11-12H,2-3,6-7,9-10H2,1H3. The molecule has 0 aromatic carbocycles. The molecular weight excluding hydrogens is 318 g/mol. The van der Waals surface area contributed by atoms with E-state index in [-0.39, 0.29) is 23.8 Å². The van der Waals surface area contributed by atoms with Gasteiger partial charge < -0.3 is 14.5 Å². The number of pyridine rings is 1. The van der Waals surface area contributed by atoms with Gasteiger partial charge in [-0.1, -0.05) is 11.6 Å². The number of hydrogen-bond acceptors (Lipinski definition) is 4. The molecule has 3 rings (SSSR count). The van der Waals surface area contributed by atoms with Crippen molar-refractivity contribution in [1.29, 1.82) is 0 Å². The van der Waals surface area contributed by atoms with Crippen LogP contribution in [0.1, 0.15) is 19.3 Å². The van der Waals surface area contributed by atoms with Crippen molar-refractivity contribution in [3.63, 3.8) is 0 Å². The number of amides is 2. The van der Waals surface area contributed by atoms with E-state index in [4.69, 9.17) is 16.3 Å². The van der Waals surface area contributed by atoms with Crippen molar-refractivity contribution < 1.29 is 14.3 Å². The first-order chi connectivity index (χ1) is 11.0. The molecule has 6 nitrogen and oxygen atoms in total. The van der Waals surface area contributed by atoms with Gasteiger partial charge in [-0.15, -0.1) is 0 Å². The number of hydrogen-bond donors (Lipinski definition) is 0. The van der Waals surface area contributed by atoms with Crippen molar-refractivity contribution >= 4 is 23.4 Å². The van der Waals surface area contributed by atoms with E-state index in [1.165, 1.54) is 0 Å². The fourth-order valence-corrected chi connectivity index (χ4v) is 3.32. The zero-order chi connectivity index (χ0) is 16.4. The summed E-state index contributed by atoms with van der Waals surface area (Å²) >= 11 is 6.07. The minimum absolute atomic E-state index is 0.0386. The Morgan fingerprint density at radius 2 is 2.26 bits per heavy atom. The molecular formula is C16H20ClN3O3. The summed E-state index contributed by atoms with van der Waals surface area (Å²) in [6, 6.07) is 1.73. The van der Waals surface area contributed by atoms with E-state index in [0.717, 1.165) is 19.4 Å². The van der Waals surface area contributed by atoms with Crippen molar-refractivity contribution in [2.24, 2.45) is 5.92 Å². The molecule has 2 atom stereocenters. The number of carbonyl (C=O) groups is 2. The van der Waals surface area contributed by atoms with Gasteiger partial charge in [0, 0.05) is 45.0 Å². The minimum Gasteiger partial charge on any atom is -0.487 e. The molecule has 2 fully saturated rings. The van der Waals surface area contributed by atoms with Crippen molar-refractivity contribution in [2.45, 2.75) is 25.4 Å². The Labute approximate surface area is 140 Å². The number of ether oxygens (including phenoxy) is 1. The summed E-state index contributed by atoms with van der Waals surface area (Å²) in [5, 5.41) is 0.471. The third-order valence-electron chi connectivity index (χ3n) is 4.41. The van der Waals surface area contributed by atoms with E-state index in [9.17, 15) is 9.59 Å². The number of rotatable bonds is 3. The Balaban J connectivity index is 1.61. The Morgan fingerprint density at radius 3 is 2.96 bits per heavy atom. The predicted octanol–water partition coefficient (Wildman–Crippen LogP) is 1.58. The van der Waals surface area contributed by atoms with Gasteiger partial charge in [0.2, 0.25) is 11.8 Å². The van der Waals surface area contributed by atoms with Crippen molar-refractivity contribution in [2.75, 3.05) is 26.7 Å². The van der Waals surface area contributed by atoms with Crippen LogP contribution in [0.25, 0.3) is 0 Å². The average molecular weight is 338 g/mol. The third-order valence-corrected chi connectivity index (χ3v) is 4.69. The third kappa shape index (κ3) is 3.58. The lowest BCUT2D eigenvalue weighted by Crippen LogP contribution is -2.47. The molecule has 2 aliphatic rings. The van der Waals surface area contributed by atoms with Crippen LogP contribution in [0.5, 0.6) is 5.75 Å². The van der Waals surface area contributed by atoms with E-state index >= 15 is 0 Å². The van der Waals surface area contributed by atoms with E-state index in [1.807, 2.05) is 4.90 Å². The Hall–Kier alpha value is -1.82. The number of halogens is 1. The van der Waals surface area contributed by atoms with Gasteiger partial charge in [-0.05, 0) is 12.8 Å². The SMILES string of the molecule is CN1CC(C(=O)N2CCCC(Oc3ccncc3Cl)C2)CC1=O. The zero-order valence-electron chi connectivity index (χ0n) is 13.1. The predicted molar refractivity (Wildman–Crippen MR) is 85.2 cm³/mol. The number of carbonyl (C=O) groups excluding carboxylic acids is 2. The summed E-state index contributed by atoms with van der Waals surface area (Å²) in [7, 11) is 1.74. The van der Waals surface area contributed by atoms with Gasteiger partial charge in [-0.2, -0.15) is 0 Å². The normalized spacial score (nSPS) is 24.9. The van der Waals surface area contributed by atoms with Crippen LogP contribution < -0.4 is 4.74 Å².